The van der Waals surface area contributed by atoms with Gasteiger partial charge in [-0.05, 0) is 26.3 Å². The minimum absolute atomic E-state index is 0.228. The van der Waals surface area contributed by atoms with Gasteiger partial charge in [-0.2, -0.15) is 5.26 Å². The molecule has 0 aromatic rings. The van der Waals surface area contributed by atoms with Crippen LogP contribution in [0.25, 0.3) is 0 Å². The van der Waals surface area contributed by atoms with E-state index in [1.165, 1.54) is 0 Å². The largest absolute Gasteiger partial charge is 0.465 e. The summed E-state index contributed by atoms with van der Waals surface area (Å²) in [7, 11) is 0. The number of hydrogen-bond acceptors (Lipinski definition) is 4. The number of nitriles is 1. The van der Waals surface area contributed by atoms with Crippen LogP contribution in [0.2, 0.25) is 0 Å². The summed E-state index contributed by atoms with van der Waals surface area (Å²) in [6.45, 7) is 3.66. The van der Waals surface area contributed by atoms with Crippen molar-refractivity contribution >= 4 is 5.97 Å². The normalized spacial score (nSPS) is 26.6. The number of esters is 1. The fourth-order valence-electron chi connectivity index (χ4n) is 1.80. The Labute approximate surface area is 84.2 Å². The summed E-state index contributed by atoms with van der Waals surface area (Å²) in [4.78, 5) is 11.7. The zero-order valence-corrected chi connectivity index (χ0v) is 8.51. The predicted octanol–water partition coefficient (Wildman–Crippen LogP) is 0.833. The first-order chi connectivity index (χ1) is 6.75. The first kappa shape index (κ1) is 11.0. The Morgan fingerprint density at radius 3 is 3.00 bits per heavy atom. The highest BCUT2D eigenvalue weighted by Crippen LogP contribution is 2.31. The van der Waals surface area contributed by atoms with Crippen molar-refractivity contribution in [3.8, 4) is 6.07 Å². The van der Waals surface area contributed by atoms with Crippen LogP contribution in [-0.2, 0) is 9.53 Å². The number of hydrogen-bond donors (Lipinski definition) is 1. The summed E-state index contributed by atoms with van der Waals surface area (Å²) < 4.78 is 5.01. The Morgan fingerprint density at radius 1 is 1.71 bits per heavy atom. The van der Waals surface area contributed by atoms with Crippen molar-refractivity contribution in [1.29, 1.82) is 5.26 Å². The molecule has 78 valence electrons. The van der Waals surface area contributed by atoms with Gasteiger partial charge in [-0.15, -0.1) is 0 Å². The molecular weight excluding hydrogens is 180 g/mol. The molecule has 1 aliphatic heterocycles. The molecule has 1 saturated heterocycles. The molecule has 0 amide bonds. The molecule has 0 aromatic carbocycles. The van der Waals surface area contributed by atoms with Gasteiger partial charge in [0.2, 0.25) is 0 Å². The lowest BCUT2D eigenvalue weighted by atomic mass is 9.78. The number of carbonyl (C=O) groups excluding carboxylic acids is 1. The fourth-order valence-corrected chi connectivity index (χ4v) is 1.80. The van der Waals surface area contributed by atoms with Gasteiger partial charge < -0.3 is 10.1 Å². The maximum atomic E-state index is 11.7. The second kappa shape index (κ2) is 4.97. The fraction of sp³-hybridized carbons (Fsp3) is 0.800. The zero-order chi connectivity index (χ0) is 10.4. The Hall–Kier alpha value is -1.08. The molecule has 14 heavy (non-hydrogen) atoms. The van der Waals surface area contributed by atoms with E-state index in [0.29, 0.717) is 13.2 Å². The Balaban J connectivity index is 2.69. The standard InChI is InChI=1S/C10H16N2O2/c1-2-14-9(13)10(5-6-11)4-3-7-12-8-10/h12H,2-5,7-8H2,1H3/t10-/m1/s1. The van der Waals surface area contributed by atoms with Crippen molar-refractivity contribution < 1.29 is 9.53 Å². The molecule has 0 spiro atoms. The topological polar surface area (TPSA) is 62.1 Å². The van der Waals surface area contributed by atoms with Crippen molar-refractivity contribution in [1.82, 2.24) is 5.32 Å². The molecule has 1 N–H and O–H groups in total. The van der Waals surface area contributed by atoms with Crippen molar-refractivity contribution in [2.24, 2.45) is 5.41 Å². The molecule has 0 aliphatic carbocycles. The van der Waals surface area contributed by atoms with Gasteiger partial charge in [0.05, 0.1) is 24.5 Å². The second-order valence-corrected chi connectivity index (χ2v) is 3.62. The first-order valence-corrected chi connectivity index (χ1v) is 5.00. The summed E-state index contributed by atoms with van der Waals surface area (Å²) in [5, 5.41) is 11.9. The smallest absolute Gasteiger partial charge is 0.314 e. The third-order valence-corrected chi connectivity index (χ3v) is 2.60. The van der Waals surface area contributed by atoms with E-state index in [4.69, 9.17) is 10.00 Å². The minimum Gasteiger partial charge on any atom is -0.465 e. The van der Waals surface area contributed by atoms with Crippen LogP contribution < -0.4 is 5.32 Å². The Morgan fingerprint density at radius 2 is 2.50 bits per heavy atom. The molecule has 1 atom stereocenters. The zero-order valence-electron chi connectivity index (χ0n) is 8.51. The van der Waals surface area contributed by atoms with Crippen molar-refractivity contribution in [2.75, 3.05) is 19.7 Å². The highest BCUT2D eigenvalue weighted by atomic mass is 16.5. The SMILES string of the molecule is CCOC(=O)[C@@]1(CC#N)CCCNC1. The van der Waals surface area contributed by atoms with E-state index in [0.717, 1.165) is 19.4 Å². The first-order valence-electron chi connectivity index (χ1n) is 5.00. The van der Waals surface area contributed by atoms with Crippen molar-refractivity contribution in [3.63, 3.8) is 0 Å². The lowest BCUT2D eigenvalue weighted by Crippen LogP contribution is -2.46. The van der Waals surface area contributed by atoms with Gasteiger partial charge in [0.15, 0.2) is 0 Å². The average Bonchev–Trinajstić information content (AvgIpc) is 2.20. The average molecular weight is 196 g/mol. The van der Waals surface area contributed by atoms with Crippen molar-refractivity contribution in [3.05, 3.63) is 0 Å². The molecule has 1 heterocycles. The van der Waals surface area contributed by atoms with Crippen LogP contribution in [0, 0.1) is 16.7 Å². The van der Waals surface area contributed by atoms with Gasteiger partial charge in [-0.25, -0.2) is 0 Å². The van der Waals surface area contributed by atoms with Crippen molar-refractivity contribution in [2.45, 2.75) is 26.2 Å². The van der Waals surface area contributed by atoms with Crippen LogP contribution in [-0.4, -0.2) is 25.7 Å². The number of piperidine rings is 1. The number of rotatable bonds is 3. The van der Waals surface area contributed by atoms with E-state index in [2.05, 4.69) is 11.4 Å². The second-order valence-electron chi connectivity index (χ2n) is 3.62. The monoisotopic (exact) mass is 196 g/mol. The predicted molar refractivity (Wildman–Crippen MR) is 51.4 cm³/mol. The summed E-state index contributed by atoms with van der Waals surface area (Å²) in [5.74, 6) is -0.228. The summed E-state index contributed by atoms with van der Waals surface area (Å²) in [5.41, 5.74) is -0.594. The maximum absolute atomic E-state index is 11.7. The molecule has 0 aromatic heterocycles. The van der Waals surface area contributed by atoms with Crippen LogP contribution >= 0.6 is 0 Å². The van der Waals surface area contributed by atoms with E-state index in [1.54, 1.807) is 6.92 Å². The molecule has 4 heteroatoms. The highest BCUT2D eigenvalue weighted by Gasteiger charge is 2.40. The summed E-state index contributed by atoms with van der Waals surface area (Å²) in [6, 6.07) is 2.08. The molecule has 4 nitrogen and oxygen atoms in total. The summed E-state index contributed by atoms with van der Waals surface area (Å²) in [6.07, 6.45) is 1.94. The Bertz CT molecular complexity index is 239. The highest BCUT2D eigenvalue weighted by molar-refractivity contribution is 5.77. The number of carbonyl (C=O) groups is 1. The summed E-state index contributed by atoms with van der Waals surface area (Å²) >= 11 is 0. The number of nitrogens with zero attached hydrogens (tertiary/aromatic N) is 1. The molecule has 1 rings (SSSR count). The molecule has 0 unspecified atom stereocenters. The van der Waals surface area contributed by atoms with Gasteiger partial charge in [0.25, 0.3) is 0 Å². The van der Waals surface area contributed by atoms with E-state index in [-0.39, 0.29) is 12.4 Å². The molecule has 0 bridgehead atoms. The van der Waals surface area contributed by atoms with Gasteiger partial charge >= 0.3 is 5.97 Å². The van der Waals surface area contributed by atoms with Gasteiger partial charge in [0.1, 0.15) is 0 Å². The minimum atomic E-state index is -0.594. The van der Waals surface area contributed by atoms with Crippen LogP contribution in [0.15, 0.2) is 0 Å². The molecule has 0 saturated carbocycles. The number of ether oxygens (including phenoxy) is 1. The molecule has 1 fully saturated rings. The molecular formula is C10H16N2O2. The van der Waals surface area contributed by atoms with Crippen LogP contribution in [0.1, 0.15) is 26.2 Å². The number of nitrogens with one attached hydrogen (secondary N) is 1. The van der Waals surface area contributed by atoms with E-state index >= 15 is 0 Å². The quantitative estimate of drug-likeness (QED) is 0.679. The third kappa shape index (κ3) is 2.24. The van der Waals surface area contributed by atoms with E-state index < -0.39 is 5.41 Å². The lowest BCUT2D eigenvalue weighted by molar-refractivity contribution is -0.156. The Kier molecular flexibility index (Phi) is 3.90. The van der Waals surface area contributed by atoms with Gasteiger partial charge in [-0.1, -0.05) is 0 Å². The van der Waals surface area contributed by atoms with Gasteiger partial charge in [-0.3, -0.25) is 4.79 Å². The van der Waals surface area contributed by atoms with E-state index in [1.807, 2.05) is 0 Å². The van der Waals surface area contributed by atoms with Crippen LogP contribution in [0.3, 0.4) is 0 Å². The van der Waals surface area contributed by atoms with Gasteiger partial charge in [0, 0.05) is 6.54 Å². The lowest BCUT2D eigenvalue weighted by Gasteiger charge is -2.33. The van der Waals surface area contributed by atoms with E-state index in [9.17, 15) is 4.79 Å². The van der Waals surface area contributed by atoms with Crippen LogP contribution in [0.4, 0.5) is 0 Å². The van der Waals surface area contributed by atoms with Crippen LogP contribution in [0.5, 0.6) is 0 Å². The third-order valence-electron chi connectivity index (χ3n) is 2.60. The maximum Gasteiger partial charge on any atom is 0.314 e. The molecule has 0 radical (unpaired) electrons. The molecule has 1 aliphatic rings.